The van der Waals surface area contributed by atoms with Gasteiger partial charge in [-0.2, -0.15) is 0 Å². The fraction of sp³-hybridized carbons (Fsp3) is 0.400. The molecular weight excluding hydrogens is 270 g/mol. The van der Waals surface area contributed by atoms with Crippen molar-refractivity contribution >= 4 is 17.7 Å². The van der Waals surface area contributed by atoms with Crippen molar-refractivity contribution in [3.8, 4) is 0 Å². The highest BCUT2D eigenvalue weighted by Crippen LogP contribution is 2.26. The van der Waals surface area contributed by atoms with Gasteiger partial charge in [-0.05, 0) is 26.3 Å². The van der Waals surface area contributed by atoms with Crippen LogP contribution in [0.5, 0.6) is 0 Å². The lowest BCUT2D eigenvalue weighted by Crippen LogP contribution is -2.68. The molecule has 1 aliphatic heterocycles. The largest absolute Gasteiger partial charge is 0.317 e. The molecule has 3 amide bonds. The highest BCUT2D eigenvalue weighted by molar-refractivity contribution is 6.07. The number of piperazine rings is 1. The van der Waals surface area contributed by atoms with Gasteiger partial charge in [0.05, 0.1) is 0 Å². The zero-order valence-electron chi connectivity index (χ0n) is 12.3. The Hall–Kier alpha value is -2.21. The lowest BCUT2D eigenvalue weighted by molar-refractivity contribution is -0.158. The van der Waals surface area contributed by atoms with Crippen LogP contribution in [0.2, 0.25) is 0 Å². The number of nitrogens with two attached hydrogens (primary N) is 1. The minimum Gasteiger partial charge on any atom is -0.317 e. The maximum absolute atomic E-state index is 12.8. The van der Waals surface area contributed by atoms with E-state index in [-0.39, 0.29) is 6.54 Å². The van der Waals surface area contributed by atoms with Crippen molar-refractivity contribution < 1.29 is 14.4 Å². The summed E-state index contributed by atoms with van der Waals surface area (Å²) >= 11 is 0. The van der Waals surface area contributed by atoms with Crippen LogP contribution in [0.25, 0.3) is 0 Å². The molecule has 1 aliphatic rings. The molecule has 6 heteroatoms. The van der Waals surface area contributed by atoms with Crippen molar-refractivity contribution in [2.75, 3.05) is 6.54 Å². The third kappa shape index (κ3) is 2.54. The summed E-state index contributed by atoms with van der Waals surface area (Å²) in [7, 11) is 0. The zero-order chi connectivity index (χ0) is 15.8. The first kappa shape index (κ1) is 15.2. The lowest BCUT2D eigenvalue weighted by Gasteiger charge is -2.43. The van der Waals surface area contributed by atoms with E-state index in [1.807, 2.05) is 6.07 Å². The van der Waals surface area contributed by atoms with Gasteiger partial charge in [0, 0.05) is 0 Å². The Labute approximate surface area is 123 Å². The van der Waals surface area contributed by atoms with Gasteiger partial charge in [-0.25, -0.2) is 0 Å². The SMILES string of the molecule is CC(N)(C(=O)N1CC(=O)NC(=O)C1(C)C)c1ccccc1. The smallest absolute Gasteiger partial charge is 0.252 e. The van der Waals surface area contributed by atoms with Gasteiger partial charge in [0.1, 0.15) is 17.6 Å². The number of hydrogen-bond acceptors (Lipinski definition) is 4. The van der Waals surface area contributed by atoms with E-state index in [2.05, 4.69) is 5.32 Å². The van der Waals surface area contributed by atoms with Crippen LogP contribution in [0.15, 0.2) is 30.3 Å². The second kappa shape index (κ2) is 4.96. The van der Waals surface area contributed by atoms with Crippen molar-refractivity contribution in [2.45, 2.75) is 31.8 Å². The molecule has 1 aromatic rings. The van der Waals surface area contributed by atoms with Gasteiger partial charge in [0.25, 0.3) is 5.91 Å². The number of imide groups is 1. The molecule has 0 aliphatic carbocycles. The van der Waals surface area contributed by atoms with E-state index in [1.165, 1.54) is 4.90 Å². The van der Waals surface area contributed by atoms with Gasteiger partial charge in [0.2, 0.25) is 11.8 Å². The Morgan fingerprint density at radius 1 is 1.29 bits per heavy atom. The fourth-order valence-electron chi connectivity index (χ4n) is 2.30. The molecule has 1 fully saturated rings. The monoisotopic (exact) mass is 289 g/mol. The van der Waals surface area contributed by atoms with E-state index in [0.29, 0.717) is 5.56 Å². The average molecular weight is 289 g/mol. The third-order valence-corrected chi connectivity index (χ3v) is 3.85. The number of rotatable bonds is 2. The summed E-state index contributed by atoms with van der Waals surface area (Å²) in [6.45, 7) is 4.58. The van der Waals surface area contributed by atoms with Crippen molar-refractivity contribution in [3.05, 3.63) is 35.9 Å². The Balaban J connectivity index is 2.38. The number of nitrogens with zero attached hydrogens (tertiary/aromatic N) is 1. The highest BCUT2D eigenvalue weighted by atomic mass is 16.2. The van der Waals surface area contributed by atoms with Crippen molar-refractivity contribution in [1.82, 2.24) is 10.2 Å². The van der Waals surface area contributed by atoms with Gasteiger partial charge in [-0.1, -0.05) is 30.3 Å². The molecule has 0 bridgehead atoms. The second-order valence-electron chi connectivity index (χ2n) is 5.90. The minimum atomic E-state index is -1.31. The maximum atomic E-state index is 12.8. The summed E-state index contributed by atoms with van der Waals surface area (Å²) in [6.07, 6.45) is 0. The van der Waals surface area contributed by atoms with Crippen LogP contribution in [0.3, 0.4) is 0 Å². The summed E-state index contributed by atoms with van der Waals surface area (Å²) in [6, 6.07) is 8.89. The molecule has 112 valence electrons. The van der Waals surface area contributed by atoms with E-state index in [1.54, 1.807) is 45.0 Å². The average Bonchev–Trinajstić information content (AvgIpc) is 2.43. The second-order valence-corrected chi connectivity index (χ2v) is 5.90. The predicted octanol–water partition coefficient (Wildman–Crippen LogP) is 0.124. The molecule has 3 N–H and O–H groups in total. The first-order valence-corrected chi connectivity index (χ1v) is 6.68. The van der Waals surface area contributed by atoms with Gasteiger partial charge in [0.15, 0.2) is 0 Å². The van der Waals surface area contributed by atoms with Gasteiger partial charge < -0.3 is 10.6 Å². The molecule has 2 rings (SSSR count). The van der Waals surface area contributed by atoms with Crippen LogP contribution in [-0.2, 0) is 19.9 Å². The van der Waals surface area contributed by atoms with Crippen LogP contribution in [-0.4, -0.2) is 34.7 Å². The number of carbonyl (C=O) groups excluding carboxylic acids is 3. The zero-order valence-corrected chi connectivity index (χ0v) is 12.3. The van der Waals surface area contributed by atoms with E-state index >= 15 is 0 Å². The Bertz CT molecular complexity index is 593. The Morgan fingerprint density at radius 3 is 2.43 bits per heavy atom. The third-order valence-electron chi connectivity index (χ3n) is 3.85. The quantitative estimate of drug-likeness (QED) is 0.757. The molecule has 21 heavy (non-hydrogen) atoms. The molecule has 1 unspecified atom stereocenters. The first-order chi connectivity index (χ1) is 9.67. The van der Waals surface area contributed by atoms with Crippen LogP contribution in [0.1, 0.15) is 26.3 Å². The lowest BCUT2D eigenvalue weighted by atomic mass is 9.88. The maximum Gasteiger partial charge on any atom is 0.252 e. The van der Waals surface area contributed by atoms with E-state index in [4.69, 9.17) is 5.73 Å². The molecule has 1 saturated heterocycles. The van der Waals surface area contributed by atoms with Crippen molar-refractivity contribution in [2.24, 2.45) is 5.73 Å². The molecule has 0 radical (unpaired) electrons. The number of hydrogen-bond donors (Lipinski definition) is 2. The molecular formula is C15H19N3O3. The van der Waals surface area contributed by atoms with Crippen molar-refractivity contribution in [1.29, 1.82) is 0 Å². The minimum absolute atomic E-state index is 0.183. The number of carbonyl (C=O) groups is 3. The van der Waals surface area contributed by atoms with Gasteiger partial charge in [-0.15, -0.1) is 0 Å². The highest BCUT2D eigenvalue weighted by Gasteiger charge is 2.48. The summed E-state index contributed by atoms with van der Waals surface area (Å²) in [4.78, 5) is 37.5. The van der Waals surface area contributed by atoms with E-state index in [9.17, 15) is 14.4 Å². The summed E-state index contributed by atoms with van der Waals surface area (Å²) in [5.74, 6) is -1.46. The molecule has 6 nitrogen and oxygen atoms in total. The van der Waals surface area contributed by atoms with E-state index < -0.39 is 28.8 Å². The molecule has 1 atom stereocenters. The van der Waals surface area contributed by atoms with Crippen LogP contribution >= 0.6 is 0 Å². The normalized spacial score (nSPS) is 20.7. The summed E-state index contributed by atoms with van der Waals surface area (Å²) in [5.41, 5.74) is 4.39. The van der Waals surface area contributed by atoms with Crippen molar-refractivity contribution in [3.63, 3.8) is 0 Å². The topological polar surface area (TPSA) is 92.5 Å². The van der Waals surface area contributed by atoms with Crippen LogP contribution in [0, 0.1) is 0 Å². The summed E-state index contributed by atoms with van der Waals surface area (Å²) in [5, 5.41) is 2.23. The first-order valence-electron chi connectivity index (χ1n) is 6.68. The summed E-state index contributed by atoms with van der Waals surface area (Å²) < 4.78 is 0. The molecule has 1 aromatic carbocycles. The van der Waals surface area contributed by atoms with Crippen LogP contribution < -0.4 is 11.1 Å². The number of nitrogens with one attached hydrogen (secondary N) is 1. The number of amides is 3. The van der Waals surface area contributed by atoms with Gasteiger partial charge in [-0.3, -0.25) is 19.7 Å². The van der Waals surface area contributed by atoms with Crippen LogP contribution in [0.4, 0.5) is 0 Å². The molecule has 0 aromatic heterocycles. The Kier molecular flexibility index (Phi) is 3.59. The van der Waals surface area contributed by atoms with E-state index in [0.717, 1.165) is 0 Å². The molecule has 0 saturated carbocycles. The predicted molar refractivity (Wildman–Crippen MR) is 76.9 cm³/mol. The Morgan fingerprint density at radius 2 is 1.86 bits per heavy atom. The number of benzene rings is 1. The molecule has 1 heterocycles. The fourth-order valence-corrected chi connectivity index (χ4v) is 2.30. The standard InChI is InChI=1S/C15H19N3O3/c1-14(2)12(20)17-11(19)9-18(14)13(21)15(3,16)10-7-5-4-6-8-10/h4-8H,9,16H2,1-3H3,(H,17,19,20). The van der Waals surface area contributed by atoms with Gasteiger partial charge >= 0.3 is 0 Å². The molecule has 0 spiro atoms.